The van der Waals surface area contributed by atoms with Crippen molar-refractivity contribution in [3.05, 3.63) is 59.2 Å². The molecule has 0 saturated heterocycles. The summed E-state index contributed by atoms with van der Waals surface area (Å²) >= 11 is 0. The second-order valence-electron chi connectivity index (χ2n) is 5.53. The van der Waals surface area contributed by atoms with Gasteiger partial charge in [0, 0.05) is 11.4 Å². The van der Waals surface area contributed by atoms with Crippen LogP contribution in [0.5, 0.6) is 0 Å². The van der Waals surface area contributed by atoms with Crippen LogP contribution in [0.2, 0.25) is 0 Å². The maximum Gasteiger partial charge on any atom is 0.246 e. The summed E-state index contributed by atoms with van der Waals surface area (Å²) in [6, 6.07) is 13.0. The van der Waals surface area contributed by atoms with Crippen molar-refractivity contribution in [1.82, 2.24) is 0 Å². The number of anilines is 2. The Morgan fingerprint density at radius 2 is 1.95 bits per heavy atom. The first kappa shape index (κ1) is 16.0. The second-order valence-corrected chi connectivity index (χ2v) is 5.53. The highest BCUT2D eigenvalue weighted by molar-refractivity contribution is 5.96. The highest BCUT2D eigenvalue weighted by Crippen LogP contribution is 2.17. The third-order valence-electron chi connectivity index (χ3n) is 3.54. The molecule has 2 aromatic carbocycles. The van der Waals surface area contributed by atoms with E-state index < -0.39 is 0 Å². The highest BCUT2D eigenvalue weighted by Gasteiger charge is 2.14. The van der Waals surface area contributed by atoms with Crippen LogP contribution in [0.25, 0.3) is 0 Å². The zero-order valence-corrected chi connectivity index (χ0v) is 13.2. The molecular weight excluding hydrogens is 276 g/mol. The quantitative estimate of drug-likeness (QED) is 0.794. The zero-order valence-electron chi connectivity index (χ0n) is 13.2. The van der Waals surface area contributed by atoms with Gasteiger partial charge in [-0.25, -0.2) is 0 Å². The predicted molar refractivity (Wildman–Crippen MR) is 90.0 cm³/mol. The number of aliphatic hydroxyl groups excluding tert-OH is 1. The summed E-state index contributed by atoms with van der Waals surface area (Å²) in [7, 11) is 0. The number of carbonyl (C=O) groups is 1. The van der Waals surface area contributed by atoms with Gasteiger partial charge in [-0.15, -0.1) is 0 Å². The molecule has 1 amide bonds. The number of aryl methyl sites for hydroxylation is 2. The molecule has 0 spiro atoms. The highest BCUT2D eigenvalue weighted by atomic mass is 16.3. The minimum absolute atomic E-state index is 0.0153. The number of benzene rings is 2. The van der Waals surface area contributed by atoms with Gasteiger partial charge in [-0.3, -0.25) is 4.79 Å². The van der Waals surface area contributed by atoms with Crippen LogP contribution in [0.1, 0.15) is 23.6 Å². The van der Waals surface area contributed by atoms with Crippen LogP contribution in [0.3, 0.4) is 0 Å². The number of rotatable bonds is 5. The fourth-order valence-corrected chi connectivity index (χ4v) is 2.19. The number of nitrogens with one attached hydrogen (secondary N) is 2. The van der Waals surface area contributed by atoms with Gasteiger partial charge in [0.15, 0.2) is 0 Å². The molecule has 0 bridgehead atoms. The SMILES string of the molecule is Cc1ccc(C)c(NC(=O)C(C)Nc2cccc(CO)c2)c1. The maximum absolute atomic E-state index is 12.3. The van der Waals surface area contributed by atoms with Crippen molar-refractivity contribution in [2.75, 3.05) is 10.6 Å². The number of hydrogen-bond acceptors (Lipinski definition) is 3. The van der Waals surface area contributed by atoms with E-state index in [2.05, 4.69) is 10.6 Å². The Bertz CT molecular complexity index is 668. The van der Waals surface area contributed by atoms with Gasteiger partial charge >= 0.3 is 0 Å². The Hall–Kier alpha value is -2.33. The van der Waals surface area contributed by atoms with Gasteiger partial charge in [0.1, 0.15) is 6.04 Å². The van der Waals surface area contributed by atoms with E-state index >= 15 is 0 Å². The molecule has 4 heteroatoms. The van der Waals surface area contributed by atoms with Crippen molar-refractivity contribution in [2.24, 2.45) is 0 Å². The van der Waals surface area contributed by atoms with E-state index in [0.717, 1.165) is 28.1 Å². The molecule has 0 aromatic heterocycles. The smallest absolute Gasteiger partial charge is 0.246 e. The first-order chi connectivity index (χ1) is 10.5. The van der Waals surface area contributed by atoms with Gasteiger partial charge in [0.05, 0.1) is 6.61 Å². The lowest BCUT2D eigenvalue weighted by Gasteiger charge is -2.17. The second kappa shape index (κ2) is 7.09. The van der Waals surface area contributed by atoms with E-state index in [4.69, 9.17) is 5.11 Å². The van der Waals surface area contributed by atoms with Crippen molar-refractivity contribution in [1.29, 1.82) is 0 Å². The third kappa shape index (κ3) is 4.09. The molecule has 1 atom stereocenters. The van der Waals surface area contributed by atoms with E-state index in [9.17, 15) is 4.79 Å². The summed E-state index contributed by atoms with van der Waals surface area (Å²) in [6.45, 7) is 5.76. The monoisotopic (exact) mass is 298 g/mol. The predicted octanol–water partition coefficient (Wildman–Crippen LogP) is 3.23. The molecular formula is C18H22N2O2. The summed E-state index contributed by atoms with van der Waals surface area (Å²) in [5, 5.41) is 15.2. The Morgan fingerprint density at radius 1 is 1.18 bits per heavy atom. The molecule has 116 valence electrons. The van der Waals surface area contributed by atoms with Crippen molar-refractivity contribution in [2.45, 2.75) is 33.4 Å². The van der Waals surface area contributed by atoms with Crippen LogP contribution >= 0.6 is 0 Å². The molecule has 0 aliphatic heterocycles. The lowest BCUT2D eigenvalue weighted by Crippen LogP contribution is -2.32. The van der Waals surface area contributed by atoms with E-state index in [1.54, 1.807) is 0 Å². The first-order valence-corrected chi connectivity index (χ1v) is 7.34. The molecule has 1 unspecified atom stereocenters. The van der Waals surface area contributed by atoms with Gasteiger partial charge in [-0.05, 0) is 55.7 Å². The number of amides is 1. The molecule has 0 aliphatic rings. The van der Waals surface area contributed by atoms with Crippen molar-refractivity contribution in [3.63, 3.8) is 0 Å². The van der Waals surface area contributed by atoms with Gasteiger partial charge in [0.25, 0.3) is 0 Å². The largest absolute Gasteiger partial charge is 0.392 e. The topological polar surface area (TPSA) is 61.4 Å². The molecule has 3 N–H and O–H groups in total. The molecule has 0 radical (unpaired) electrons. The molecule has 2 rings (SSSR count). The summed E-state index contributed by atoms with van der Waals surface area (Å²) in [4.78, 5) is 12.3. The Morgan fingerprint density at radius 3 is 2.68 bits per heavy atom. The van der Waals surface area contributed by atoms with Crippen molar-refractivity contribution in [3.8, 4) is 0 Å². The van der Waals surface area contributed by atoms with Crippen molar-refractivity contribution < 1.29 is 9.90 Å². The normalized spacial score (nSPS) is 11.8. The third-order valence-corrected chi connectivity index (χ3v) is 3.54. The number of aliphatic hydroxyl groups is 1. The van der Waals surface area contributed by atoms with Crippen LogP contribution in [-0.2, 0) is 11.4 Å². The Kier molecular flexibility index (Phi) is 5.17. The number of hydrogen-bond donors (Lipinski definition) is 3. The lowest BCUT2D eigenvalue weighted by molar-refractivity contribution is -0.116. The average molecular weight is 298 g/mol. The van der Waals surface area contributed by atoms with E-state index in [1.165, 1.54) is 0 Å². The zero-order chi connectivity index (χ0) is 16.1. The van der Waals surface area contributed by atoms with Crippen LogP contribution in [0.4, 0.5) is 11.4 Å². The van der Waals surface area contributed by atoms with Crippen LogP contribution < -0.4 is 10.6 Å². The lowest BCUT2D eigenvalue weighted by atomic mass is 10.1. The number of carbonyl (C=O) groups excluding carboxylic acids is 1. The Labute approximate surface area is 131 Å². The summed E-state index contributed by atoms with van der Waals surface area (Å²) < 4.78 is 0. The molecule has 0 aliphatic carbocycles. The molecule has 4 nitrogen and oxygen atoms in total. The summed E-state index contributed by atoms with van der Waals surface area (Å²) in [5.41, 5.74) is 4.61. The fraction of sp³-hybridized carbons (Fsp3) is 0.278. The Balaban J connectivity index is 2.04. The van der Waals surface area contributed by atoms with Gasteiger partial charge in [0.2, 0.25) is 5.91 Å². The average Bonchev–Trinajstić information content (AvgIpc) is 2.51. The fourth-order valence-electron chi connectivity index (χ4n) is 2.19. The van der Waals surface area contributed by atoms with Crippen LogP contribution in [0.15, 0.2) is 42.5 Å². The summed E-state index contributed by atoms with van der Waals surface area (Å²) in [6.07, 6.45) is 0. The van der Waals surface area contributed by atoms with Gasteiger partial charge in [-0.1, -0.05) is 24.3 Å². The molecule has 2 aromatic rings. The molecule has 22 heavy (non-hydrogen) atoms. The minimum Gasteiger partial charge on any atom is -0.392 e. The standard InChI is InChI=1S/C18H22N2O2/c1-12-7-8-13(2)17(9-12)20-18(22)14(3)19-16-6-4-5-15(10-16)11-21/h4-10,14,19,21H,11H2,1-3H3,(H,20,22). The van der Waals surface area contributed by atoms with Crippen LogP contribution in [-0.4, -0.2) is 17.1 Å². The van der Waals surface area contributed by atoms with Gasteiger partial charge < -0.3 is 15.7 Å². The molecule has 0 fully saturated rings. The minimum atomic E-state index is -0.381. The molecule has 0 heterocycles. The first-order valence-electron chi connectivity index (χ1n) is 7.34. The van der Waals surface area contributed by atoms with E-state index in [-0.39, 0.29) is 18.6 Å². The van der Waals surface area contributed by atoms with E-state index in [0.29, 0.717) is 0 Å². The van der Waals surface area contributed by atoms with Crippen LogP contribution in [0, 0.1) is 13.8 Å². The summed E-state index contributed by atoms with van der Waals surface area (Å²) in [5.74, 6) is -0.0944. The van der Waals surface area contributed by atoms with Gasteiger partial charge in [-0.2, -0.15) is 0 Å². The molecule has 0 saturated carbocycles. The maximum atomic E-state index is 12.3. The van der Waals surface area contributed by atoms with E-state index in [1.807, 2.05) is 63.2 Å². The van der Waals surface area contributed by atoms with Crippen molar-refractivity contribution >= 4 is 17.3 Å².